The molecule has 6 nitrogen and oxygen atoms in total. The summed E-state index contributed by atoms with van der Waals surface area (Å²) < 4.78 is 4.99. The predicted octanol–water partition coefficient (Wildman–Crippen LogP) is 3.58. The Morgan fingerprint density at radius 2 is 2.00 bits per heavy atom. The largest absolute Gasteiger partial charge is 0.473 e. The van der Waals surface area contributed by atoms with Gasteiger partial charge in [0, 0.05) is 10.0 Å². The van der Waals surface area contributed by atoms with Gasteiger partial charge in [0.1, 0.15) is 11.3 Å². The number of nitro groups is 1. The highest BCUT2D eigenvalue weighted by Gasteiger charge is 2.32. The first-order valence-electron chi connectivity index (χ1n) is 5.55. The topological polar surface area (TPSA) is 72.7 Å². The number of aryl methyl sites for hydroxylation is 1. The van der Waals surface area contributed by atoms with E-state index in [0.29, 0.717) is 10.0 Å². The smallest absolute Gasteiger partial charge is 0.440 e. The minimum Gasteiger partial charge on any atom is -0.440 e. The molecule has 0 radical (unpaired) electrons. The van der Waals surface area contributed by atoms with Crippen LogP contribution in [-0.2, 0) is 4.74 Å². The molecule has 0 saturated carbocycles. The third-order valence-corrected chi connectivity index (χ3v) is 2.54. The molecule has 0 aromatic heterocycles. The number of benzene rings is 1. The lowest BCUT2D eigenvalue weighted by atomic mass is 10.2. The molecule has 1 aromatic rings. The minimum atomic E-state index is -1.06. The van der Waals surface area contributed by atoms with Gasteiger partial charge in [-0.25, -0.2) is 14.9 Å². The molecule has 0 saturated heterocycles. The van der Waals surface area contributed by atoms with E-state index in [-0.39, 0.29) is 5.69 Å². The summed E-state index contributed by atoms with van der Waals surface area (Å²) in [7, 11) is 0. The number of amides is 1. The Morgan fingerprint density at radius 3 is 2.42 bits per heavy atom. The normalized spacial score (nSPS) is 11.0. The van der Waals surface area contributed by atoms with Crippen molar-refractivity contribution in [3.63, 3.8) is 0 Å². The number of carbonyl (C=O) groups excluding carboxylic acids is 1. The van der Waals surface area contributed by atoms with Crippen molar-refractivity contribution in [3.8, 4) is 0 Å². The first kappa shape index (κ1) is 15.2. The monoisotopic (exact) mass is 286 g/mol. The second-order valence-corrected chi connectivity index (χ2v) is 5.37. The molecule has 0 heterocycles. The average molecular weight is 287 g/mol. The Balaban J connectivity index is 3.10. The summed E-state index contributed by atoms with van der Waals surface area (Å²) in [6.45, 7) is 6.65. The summed E-state index contributed by atoms with van der Waals surface area (Å²) in [6.07, 6.45) is -1.06. The maximum Gasteiger partial charge on any atom is 0.473 e. The van der Waals surface area contributed by atoms with Crippen molar-refractivity contribution >= 4 is 23.4 Å². The van der Waals surface area contributed by atoms with Gasteiger partial charge in [-0.2, -0.15) is 0 Å². The summed E-state index contributed by atoms with van der Waals surface area (Å²) in [5.41, 5.74) is -0.00687. The first-order valence-corrected chi connectivity index (χ1v) is 5.93. The molecule has 19 heavy (non-hydrogen) atoms. The van der Waals surface area contributed by atoms with Gasteiger partial charge >= 0.3 is 6.09 Å². The van der Waals surface area contributed by atoms with E-state index < -0.39 is 16.7 Å². The quantitative estimate of drug-likeness (QED) is 0.615. The molecule has 0 aliphatic heterocycles. The van der Waals surface area contributed by atoms with Crippen molar-refractivity contribution in [1.82, 2.24) is 0 Å². The number of anilines is 1. The van der Waals surface area contributed by atoms with Gasteiger partial charge in [0.05, 0.1) is 0 Å². The number of hydrogen-bond acceptors (Lipinski definition) is 4. The molecule has 1 amide bonds. The molecular formula is C12H15ClN2O4. The van der Waals surface area contributed by atoms with Crippen LogP contribution in [0.1, 0.15) is 26.3 Å². The third-order valence-electron chi connectivity index (χ3n) is 2.13. The zero-order valence-electron chi connectivity index (χ0n) is 11.1. The Morgan fingerprint density at radius 1 is 1.42 bits per heavy atom. The number of halogens is 1. The molecule has 0 unspecified atom stereocenters. The molecular weight excluding hydrogens is 272 g/mol. The van der Waals surface area contributed by atoms with E-state index in [0.717, 1.165) is 5.56 Å². The van der Waals surface area contributed by atoms with Gasteiger partial charge in [0.25, 0.3) is 0 Å². The number of nitrogens with zero attached hydrogens (tertiary/aromatic N) is 2. The average Bonchev–Trinajstić information content (AvgIpc) is 2.20. The van der Waals surface area contributed by atoms with E-state index in [9.17, 15) is 14.9 Å². The van der Waals surface area contributed by atoms with Crippen LogP contribution in [-0.4, -0.2) is 16.7 Å². The van der Waals surface area contributed by atoms with Gasteiger partial charge in [-0.15, -0.1) is 0 Å². The lowest BCUT2D eigenvalue weighted by molar-refractivity contribution is -0.484. The Hall–Kier alpha value is -1.82. The van der Waals surface area contributed by atoms with Gasteiger partial charge in [-0.05, 0) is 45.4 Å². The van der Waals surface area contributed by atoms with Crippen LogP contribution in [0.4, 0.5) is 10.5 Å². The molecule has 0 fully saturated rings. The van der Waals surface area contributed by atoms with Gasteiger partial charge in [0.2, 0.25) is 0 Å². The van der Waals surface area contributed by atoms with Gasteiger partial charge < -0.3 is 4.74 Å². The first-order chi connectivity index (χ1) is 8.61. The zero-order chi connectivity index (χ0) is 14.8. The Bertz CT molecular complexity index is 511. The van der Waals surface area contributed by atoms with Crippen LogP contribution in [0.3, 0.4) is 0 Å². The predicted molar refractivity (Wildman–Crippen MR) is 71.9 cm³/mol. The summed E-state index contributed by atoms with van der Waals surface area (Å²) in [5.74, 6) is 0. The molecule has 0 N–H and O–H groups in total. The molecule has 0 spiro atoms. The van der Waals surface area contributed by atoms with E-state index in [1.807, 2.05) is 0 Å². The van der Waals surface area contributed by atoms with Crippen LogP contribution in [0.5, 0.6) is 0 Å². The highest BCUT2D eigenvalue weighted by Crippen LogP contribution is 2.24. The number of hydrazine groups is 1. The second-order valence-electron chi connectivity index (χ2n) is 4.96. The third kappa shape index (κ3) is 4.10. The fraction of sp³-hybridized carbons (Fsp3) is 0.417. The molecule has 1 rings (SSSR count). The Labute approximate surface area is 116 Å². The van der Waals surface area contributed by atoms with Crippen LogP contribution in [0, 0.1) is 17.0 Å². The highest BCUT2D eigenvalue weighted by molar-refractivity contribution is 6.31. The minimum absolute atomic E-state index is 0.0508. The number of ether oxygens (including phenoxy) is 1. The van der Waals surface area contributed by atoms with E-state index in [1.165, 1.54) is 12.1 Å². The fourth-order valence-electron chi connectivity index (χ4n) is 1.29. The van der Waals surface area contributed by atoms with Crippen molar-refractivity contribution in [2.45, 2.75) is 33.3 Å². The molecule has 0 aliphatic rings. The summed E-state index contributed by atoms with van der Waals surface area (Å²) in [4.78, 5) is 22.8. The Kier molecular flexibility index (Phi) is 4.36. The van der Waals surface area contributed by atoms with Gasteiger partial charge in [-0.3, -0.25) is 0 Å². The molecule has 0 atom stereocenters. The number of hydrogen-bond donors (Lipinski definition) is 0. The molecule has 7 heteroatoms. The SMILES string of the molecule is Cc1ccc(N(C(=O)OC(C)(C)C)[N+](=O)[O-])cc1Cl. The summed E-state index contributed by atoms with van der Waals surface area (Å²) >= 11 is 5.90. The second kappa shape index (κ2) is 5.44. The van der Waals surface area contributed by atoms with Crippen LogP contribution < -0.4 is 5.01 Å². The van der Waals surface area contributed by atoms with Crippen LogP contribution in [0.15, 0.2) is 18.2 Å². The maximum absolute atomic E-state index is 11.8. The summed E-state index contributed by atoms with van der Waals surface area (Å²) in [5, 5.41) is 10.8. The highest BCUT2D eigenvalue weighted by atomic mass is 35.5. The summed E-state index contributed by atoms with van der Waals surface area (Å²) in [6, 6.07) is 4.38. The van der Waals surface area contributed by atoms with E-state index >= 15 is 0 Å². The van der Waals surface area contributed by atoms with Gasteiger partial charge in [-0.1, -0.05) is 17.7 Å². The van der Waals surface area contributed by atoms with Crippen molar-refractivity contribution in [3.05, 3.63) is 38.9 Å². The lowest BCUT2D eigenvalue weighted by Crippen LogP contribution is -2.40. The van der Waals surface area contributed by atoms with E-state index in [1.54, 1.807) is 33.8 Å². The molecule has 104 valence electrons. The van der Waals surface area contributed by atoms with Crippen molar-refractivity contribution in [2.75, 3.05) is 5.01 Å². The van der Waals surface area contributed by atoms with E-state index in [4.69, 9.17) is 16.3 Å². The van der Waals surface area contributed by atoms with Crippen molar-refractivity contribution in [1.29, 1.82) is 0 Å². The van der Waals surface area contributed by atoms with Crippen LogP contribution in [0.2, 0.25) is 5.02 Å². The molecule has 0 bridgehead atoms. The van der Waals surface area contributed by atoms with E-state index in [2.05, 4.69) is 0 Å². The fourth-order valence-corrected chi connectivity index (χ4v) is 1.46. The maximum atomic E-state index is 11.8. The van der Waals surface area contributed by atoms with Crippen molar-refractivity contribution < 1.29 is 14.6 Å². The van der Waals surface area contributed by atoms with Crippen LogP contribution in [0.25, 0.3) is 0 Å². The van der Waals surface area contributed by atoms with Crippen molar-refractivity contribution in [2.24, 2.45) is 0 Å². The standard InChI is InChI=1S/C12H15ClN2O4/c1-8-5-6-9(7-10(8)13)14(15(17)18)11(16)19-12(2,3)4/h5-7H,1-4H3. The number of rotatable bonds is 2. The van der Waals surface area contributed by atoms with Crippen LogP contribution >= 0.6 is 11.6 Å². The zero-order valence-corrected chi connectivity index (χ0v) is 11.9. The number of carbonyl (C=O) groups is 1. The molecule has 1 aromatic carbocycles. The van der Waals surface area contributed by atoms with Gasteiger partial charge in [0.15, 0.2) is 5.03 Å². The lowest BCUT2D eigenvalue weighted by Gasteiger charge is -2.21. The molecule has 0 aliphatic carbocycles.